The molecule has 0 saturated carbocycles. The zero-order chi connectivity index (χ0) is 25.8. The molecule has 0 spiro atoms. The minimum absolute atomic E-state index is 0.332. The quantitative estimate of drug-likeness (QED) is 0.227. The Kier molecular flexibility index (Phi) is 7.30. The smallest absolute Gasteiger partial charge is 0.127 e. The fourth-order valence-corrected chi connectivity index (χ4v) is 5.38. The van der Waals surface area contributed by atoms with Gasteiger partial charge in [-0.05, 0) is 48.5 Å². The van der Waals surface area contributed by atoms with Crippen molar-refractivity contribution in [3.63, 3.8) is 0 Å². The van der Waals surface area contributed by atoms with E-state index in [1.165, 1.54) is 0 Å². The number of nitrogens with two attached hydrogens (primary N) is 1. The summed E-state index contributed by atoms with van der Waals surface area (Å²) in [5, 5.41) is 28.0. The molecule has 1 aromatic heterocycles. The van der Waals surface area contributed by atoms with Gasteiger partial charge in [0.1, 0.15) is 18.2 Å². The molecule has 0 bridgehead atoms. The van der Waals surface area contributed by atoms with Gasteiger partial charge in [-0.1, -0.05) is 48.0 Å². The van der Waals surface area contributed by atoms with Crippen molar-refractivity contribution in [3.8, 4) is 12.1 Å². The lowest BCUT2D eigenvalue weighted by atomic mass is 9.95. The highest BCUT2D eigenvalue weighted by molar-refractivity contribution is 7.99. The van der Waals surface area contributed by atoms with E-state index < -0.39 is 12.1 Å². The molecule has 0 radical (unpaired) electrons. The van der Waals surface area contributed by atoms with Crippen molar-refractivity contribution in [2.45, 2.75) is 17.6 Å². The number of benzene rings is 3. The zero-order valence-electron chi connectivity index (χ0n) is 19.8. The van der Waals surface area contributed by atoms with Crippen molar-refractivity contribution >= 4 is 51.7 Å². The monoisotopic (exact) mass is 522 g/mol. The zero-order valence-corrected chi connectivity index (χ0v) is 21.4. The van der Waals surface area contributed by atoms with Gasteiger partial charge in [0.25, 0.3) is 0 Å². The molecule has 8 heteroatoms. The van der Waals surface area contributed by atoms with E-state index in [0.717, 1.165) is 44.4 Å². The first kappa shape index (κ1) is 24.7. The van der Waals surface area contributed by atoms with Crippen LogP contribution in [-0.2, 0) is 6.54 Å². The number of fused-ring (bicyclic) bond motifs is 1. The average Bonchev–Trinajstić information content (AvgIpc) is 3.45. The van der Waals surface area contributed by atoms with Crippen molar-refractivity contribution in [1.82, 2.24) is 4.57 Å². The van der Waals surface area contributed by atoms with Gasteiger partial charge in [-0.25, -0.2) is 5.01 Å². The number of hydrogen-bond donors (Lipinski definition) is 1. The molecule has 2 heterocycles. The molecule has 6 nitrogen and oxygen atoms in total. The molecule has 2 atom stereocenters. The van der Waals surface area contributed by atoms with Crippen molar-refractivity contribution in [2.75, 3.05) is 10.8 Å². The number of anilines is 1. The maximum atomic E-state index is 10.1. The molecular weight excluding hydrogens is 500 g/mol. The Balaban J connectivity index is 1.45. The Morgan fingerprint density at radius 1 is 1.03 bits per heavy atom. The Morgan fingerprint density at radius 2 is 1.76 bits per heavy atom. The van der Waals surface area contributed by atoms with Crippen LogP contribution in [0.4, 0.5) is 5.69 Å². The van der Waals surface area contributed by atoms with E-state index in [-0.39, 0.29) is 0 Å². The standard InChI is InChI=1S/C29H23ClN6S/c30-22-10-12-24(13-11-22)37-15-14-35-19-21(25-8-4-5-9-27(25)35)16-20(17-31)28-26(18-32)29(33)36(34-28)23-6-2-1-3-7-23/h1-13,16,19,26,29H,14-15,33H2/b20-16-/t26-,29+/m0/s1. The minimum Gasteiger partial charge on any atom is -0.346 e. The van der Waals surface area contributed by atoms with Crippen LogP contribution in [0, 0.1) is 28.6 Å². The fourth-order valence-electron chi connectivity index (χ4n) is 4.40. The Morgan fingerprint density at radius 3 is 2.49 bits per heavy atom. The van der Waals surface area contributed by atoms with Gasteiger partial charge in [0.2, 0.25) is 0 Å². The first-order chi connectivity index (χ1) is 18.1. The van der Waals surface area contributed by atoms with Crippen LogP contribution < -0.4 is 10.7 Å². The van der Waals surface area contributed by atoms with Crippen molar-refractivity contribution in [1.29, 1.82) is 10.5 Å². The van der Waals surface area contributed by atoms with Gasteiger partial charge in [0.05, 0.1) is 23.0 Å². The Hall–Kier alpha value is -4.01. The second-order valence-electron chi connectivity index (χ2n) is 8.53. The second-order valence-corrected chi connectivity index (χ2v) is 10.1. The summed E-state index contributed by atoms with van der Waals surface area (Å²) in [4.78, 5) is 1.16. The molecule has 37 heavy (non-hydrogen) atoms. The largest absolute Gasteiger partial charge is 0.346 e. The van der Waals surface area contributed by atoms with Crippen LogP contribution in [0.3, 0.4) is 0 Å². The predicted octanol–water partition coefficient (Wildman–Crippen LogP) is 6.29. The number of nitrogens with zero attached hydrogens (tertiary/aromatic N) is 5. The van der Waals surface area contributed by atoms with E-state index in [4.69, 9.17) is 17.3 Å². The van der Waals surface area contributed by atoms with Crippen molar-refractivity contribution < 1.29 is 0 Å². The molecule has 0 unspecified atom stereocenters. The van der Waals surface area contributed by atoms with Crippen LogP contribution in [0.1, 0.15) is 5.56 Å². The molecule has 4 aromatic rings. The highest BCUT2D eigenvalue weighted by atomic mass is 35.5. The van der Waals surface area contributed by atoms with E-state index in [2.05, 4.69) is 34.1 Å². The molecule has 182 valence electrons. The van der Waals surface area contributed by atoms with E-state index in [1.807, 2.05) is 78.9 Å². The third kappa shape index (κ3) is 5.12. The number of aromatic nitrogens is 1. The minimum atomic E-state index is -0.727. The maximum Gasteiger partial charge on any atom is 0.127 e. The summed E-state index contributed by atoms with van der Waals surface area (Å²) in [6, 6.07) is 29.9. The molecule has 0 saturated heterocycles. The summed E-state index contributed by atoms with van der Waals surface area (Å²) >= 11 is 7.76. The highest BCUT2D eigenvalue weighted by Crippen LogP contribution is 2.31. The number of para-hydroxylation sites is 2. The topological polar surface area (TPSA) is 94.1 Å². The number of allylic oxidation sites excluding steroid dienone is 1. The number of hydrazone groups is 1. The molecule has 1 aliphatic rings. The van der Waals surface area contributed by atoms with E-state index in [9.17, 15) is 10.5 Å². The number of thioether (sulfide) groups is 1. The first-order valence-corrected chi connectivity index (χ1v) is 13.1. The summed E-state index contributed by atoms with van der Waals surface area (Å²) in [7, 11) is 0. The lowest BCUT2D eigenvalue weighted by Gasteiger charge is -2.21. The van der Waals surface area contributed by atoms with Gasteiger partial charge in [0, 0.05) is 44.9 Å². The summed E-state index contributed by atoms with van der Waals surface area (Å²) in [5.74, 6) is 0.147. The normalized spacial score (nSPS) is 17.5. The number of nitriles is 2. The summed E-state index contributed by atoms with van der Waals surface area (Å²) in [5.41, 5.74) is 9.86. The van der Waals surface area contributed by atoms with Crippen LogP contribution in [0.5, 0.6) is 0 Å². The summed E-state index contributed by atoms with van der Waals surface area (Å²) in [6.45, 7) is 0.790. The van der Waals surface area contributed by atoms with Crippen LogP contribution >= 0.6 is 23.4 Å². The fraction of sp³-hybridized carbons (Fsp3) is 0.138. The van der Waals surface area contributed by atoms with E-state index in [1.54, 1.807) is 16.8 Å². The molecule has 5 rings (SSSR count). The summed E-state index contributed by atoms with van der Waals surface area (Å²) < 4.78 is 2.19. The van der Waals surface area contributed by atoms with Gasteiger partial charge in [0.15, 0.2) is 0 Å². The van der Waals surface area contributed by atoms with Crippen LogP contribution in [-0.4, -0.2) is 22.2 Å². The van der Waals surface area contributed by atoms with Crippen LogP contribution in [0.2, 0.25) is 5.02 Å². The van der Waals surface area contributed by atoms with E-state index >= 15 is 0 Å². The average molecular weight is 523 g/mol. The Labute approximate surface area is 224 Å². The lowest BCUT2D eigenvalue weighted by Crippen LogP contribution is -2.40. The third-order valence-electron chi connectivity index (χ3n) is 6.22. The molecule has 3 aromatic carbocycles. The van der Waals surface area contributed by atoms with Gasteiger partial charge in [-0.15, -0.1) is 11.8 Å². The molecule has 0 aliphatic carbocycles. The van der Waals surface area contributed by atoms with Crippen molar-refractivity contribution in [2.24, 2.45) is 16.8 Å². The third-order valence-corrected chi connectivity index (χ3v) is 7.47. The molecule has 1 aliphatic heterocycles. The van der Waals surface area contributed by atoms with Crippen LogP contribution in [0.25, 0.3) is 17.0 Å². The predicted molar refractivity (Wildman–Crippen MR) is 151 cm³/mol. The van der Waals surface area contributed by atoms with Gasteiger partial charge in [-0.2, -0.15) is 15.6 Å². The first-order valence-electron chi connectivity index (χ1n) is 11.8. The van der Waals surface area contributed by atoms with Gasteiger partial charge < -0.3 is 10.3 Å². The number of aryl methyl sites for hydroxylation is 1. The molecule has 0 fully saturated rings. The lowest BCUT2D eigenvalue weighted by molar-refractivity contribution is 0.624. The highest BCUT2D eigenvalue weighted by Gasteiger charge is 2.37. The molecular formula is C29H23ClN6S. The Bertz CT molecular complexity index is 1560. The maximum absolute atomic E-state index is 10.1. The van der Waals surface area contributed by atoms with Crippen molar-refractivity contribution in [3.05, 3.63) is 101 Å². The number of halogens is 1. The van der Waals surface area contributed by atoms with Crippen LogP contribution in [0.15, 0.2) is 101 Å². The van der Waals surface area contributed by atoms with E-state index in [0.29, 0.717) is 11.3 Å². The SMILES string of the molecule is N#C/C(=C/c1cn(CCSc2ccc(Cl)cc2)c2ccccc12)C1=NN(c2ccccc2)[C@@H](N)[C@H]1C#N. The molecule has 2 N–H and O–H groups in total. The van der Waals surface area contributed by atoms with Gasteiger partial charge >= 0.3 is 0 Å². The number of hydrogen-bond acceptors (Lipinski definition) is 6. The van der Waals surface area contributed by atoms with Gasteiger partial charge in [-0.3, -0.25) is 0 Å². The molecule has 0 amide bonds. The second kappa shape index (κ2) is 10.9. The number of rotatable bonds is 7. The summed E-state index contributed by atoms with van der Waals surface area (Å²) in [6.07, 6.45) is 3.19.